The van der Waals surface area contributed by atoms with Crippen LogP contribution in [-0.2, 0) is 9.59 Å². The van der Waals surface area contributed by atoms with Crippen LogP contribution in [0.2, 0.25) is 0 Å². The van der Waals surface area contributed by atoms with Crippen LogP contribution in [0, 0.1) is 6.92 Å². The molecule has 0 saturated heterocycles. The van der Waals surface area contributed by atoms with Gasteiger partial charge in [-0.05, 0) is 25.5 Å². The summed E-state index contributed by atoms with van der Waals surface area (Å²) in [6.45, 7) is 3.30. The quantitative estimate of drug-likeness (QED) is 0.719. The number of amides is 2. The van der Waals surface area contributed by atoms with E-state index in [4.69, 9.17) is 5.11 Å². The van der Waals surface area contributed by atoms with Crippen molar-refractivity contribution in [2.24, 2.45) is 0 Å². The maximum absolute atomic E-state index is 11.7. The number of carboxylic acid groups (broad SMARTS) is 1. The minimum Gasteiger partial charge on any atom is -0.480 e. The lowest BCUT2D eigenvalue weighted by Crippen LogP contribution is -2.45. The second-order valence-corrected chi connectivity index (χ2v) is 5.25. The predicted molar refractivity (Wildman–Crippen MR) is 71.2 cm³/mol. The van der Waals surface area contributed by atoms with Crippen molar-refractivity contribution in [2.75, 3.05) is 6.54 Å². The molecule has 1 atom stereocenters. The first kappa shape index (κ1) is 15.2. The average molecular weight is 284 g/mol. The first-order valence-corrected chi connectivity index (χ1v) is 6.62. The first-order valence-electron chi connectivity index (χ1n) is 5.80. The zero-order valence-corrected chi connectivity index (χ0v) is 11.5. The summed E-state index contributed by atoms with van der Waals surface area (Å²) in [5.74, 6) is -1.94. The zero-order valence-electron chi connectivity index (χ0n) is 10.7. The lowest BCUT2D eigenvalue weighted by atomic mass is 10.2. The summed E-state index contributed by atoms with van der Waals surface area (Å²) in [4.78, 5) is 35.4. The Bertz CT molecular complexity index is 484. The number of carbonyl (C=O) groups is 3. The molecule has 0 fully saturated rings. The van der Waals surface area contributed by atoms with Crippen molar-refractivity contribution in [1.82, 2.24) is 10.6 Å². The molecule has 0 aliphatic heterocycles. The molecule has 1 aromatic rings. The molecular formula is C12H16N2O4S. The topological polar surface area (TPSA) is 95.5 Å². The third kappa shape index (κ3) is 4.70. The second kappa shape index (κ2) is 6.89. The van der Waals surface area contributed by atoms with E-state index >= 15 is 0 Å². The van der Waals surface area contributed by atoms with Crippen molar-refractivity contribution in [3.8, 4) is 0 Å². The van der Waals surface area contributed by atoms with E-state index in [1.165, 1.54) is 11.3 Å². The van der Waals surface area contributed by atoms with E-state index in [0.29, 0.717) is 11.3 Å². The summed E-state index contributed by atoms with van der Waals surface area (Å²) in [5, 5.41) is 13.6. The average Bonchev–Trinajstić information content (AvgIpc) is 2.79. The van der Waals surface area contributed by atoms with Crippen molar-refractivity contribution >= 4 is 29.1 Å². The van der Waals surface area contributed by atoms with Gasteiger partial charge in [0.25, 0.3) is 5.91 Å². The van der Waals surface area contributed by atoms with Gasteiger partial charge in [-0.15, -0.1) is 11.3 Å². The van der Waals surface area contributed by atoms with Crippen LogP contribution in [0.15, 0.2) is 12.1 Å². The third-order valence-electron chi connectivity index (χ3n) is 2.42. The van der Waals surface area contributed by atoms with Gasteiger partial charge in [-0.3, -0.25) is 9.59 Å². The standard InChI is InChI=1S/C12H16N2O4S/c1-3-8(12(17)18)14-10(15)6-13-11(16)9-5-4-7(2)19-9/h4-5,8H,3,6H2,1-2H3,(H,13,16)(H,14,15)(H,17,18)/t8-/m1/s1. The highest BCUT2D eigenvalue weighted by Gasteiger charge is 2.18. The molecule has 0 saturated carbocycles. The van der Waals surface area contributed by atoms with E-state index in [0.717, 1.165) is 4.88 Å². The summed E-state index contributed by atoms with van der Waals surface area (Å²) >= 11 is 1.33. The summed E-state index contributed by atoms with van der Waals surface area (Å²) in [5.41, 5.74) is 0. The molecule has 0 spiro atoms. The molecule has 19 heavy (non-hydrogen) atoms. The number of hydrogen-bond donors (Lipinski definition) is 3. The Morgan fingerprint density at radius 3 is 2.53 bits per heavy atom. The molecule has 0 aliphatic carbocycles. The Morgan fingerprint density at radius 2 is 2.05 bits per heavy atom. The zero-order chi connectivity index (χ0) is 14.4. The van der Waals surface area contributed by atoms with Crippen molar-refractivity contribution in [3.63, 3.8) is 0 Å². The smallest absolute Gasteiger partial charge is 0.326 e. The second-order valence-electron chi connectivity index (χ2n) is 3.96. The highest BCUT2D eigenvalue weighted by Crippen LogP contribution is 2.14. The van der Waals surface area contributed by atoms with Crippen molar-refractivity contribution in [2.45, 2.75) is 26.3 Å². The number of rotatable bonds is 6. The molecule has 7 heteroatoms. The summed E-state index contributed by atoms with van der Waals surface area (Å²) < 4.78 is 0. The van der Waals surface area contributed by atoms with Crippen LogP contribution in [0.3, 0.4) is 0 Å². The molecule has 0 radical (unpaired) electrons. The predicted octanol–water partition coefficient (Wildman–Crippen LogP) is 0.766. The molecule has 104 valence electrons. The molecule has 3 N–H and O–H groups in total. The number of hydrogen-bond acceptors (Lipinski definition) is 4. The molecular weight excluding hydrogens is 268 g/mol. The maximum Gasteiger partial charge on any atom is 0.326 e. The van der Waals surface area contributed by atoms with E-state index in [1.807, 2.05) is 13.0 Å². The summed E-state index contributed by atoms with van der Waals surface area (Å²) in [6, 6.07) is 2.57. The van der Waals surface area contributed by atoms with E-state index in [2.05, 4.69) is 10.6 Å². The summed E-state index contributed by atoms with van der Waals surface area (Å²) in [7, 11) is 0. The minimum atomic E-state index is -1.09. The van der Waals surface area contributed by atoms with Gasteiger partial charge in [-0.1, -0.05) is 6.92 Å². The van der Waals surface area contributed by atoms with Gasteiger partial charge in [0, 0.05) is 4.88 Å². The van der Waals surface area contributed by atoms with Crippen LogP contribution >= 0.6 is 11.3 Å². The van der Waals surface area contributed by atoms with Crippen molar-refractivity contribution in [1.29, 1.82) is 0 Å². The van der Waals surface area contributed by atoms with Gasteiger partial charge in [-0.25, -0.2) is 4.79 Å². The Balaban J connectivity index is 2.42. The van der Waals surface area contributed by atoms with E-state index in [9.17, 15) is 14.4 Å². The fourth-order valence-corrected chi connectivity index (χ4v) is 2.17. The van der Waals surface area contributed by atoms with Gasteiger partial charge in [0.05, 0.1) is 11.4 Å². The number of aryl methyl sites for hydroxylation is 1. The van der Waals surface area contributed by atoms with Crippen LogP contribution in [0.5, 0.6) is 0 Å². The van der Waals surface area contributed by atoms with Gasteiger partial charge < -0.3 is 15.7 Å². The van der Waals surface area contributed by atoms with Gasteiger partial charge in [-0.2, -0.15) is 0 Å². The van der Waals surface area contributed by atoms with Crippen LogP contribution < -0.4 is 10.6 Å². The normalized spacial score (nSPS) is 11.7. The number of aliphatic carboxylic acids is 1. The Hall–Kier alpha value is -1.89. The molecule has 2 amide bonds. The lowest BCUT2D eigenvalue weighted by Gasteiger charge is -2.12. The van der Waals surface area contributed by atoms with Crippen LogP contribution in [0.1, 0.15) is 27.9 Å². The van der Waals surface area contributed by atoms with Gasteiger partial charge in [0.2, 0.25) is 5.91 Å². The van der Waals surface area contributed by atoms with Crippen molar-refractivity contribution in [3.05, 3.63) is 21.9 Å². The minimum absolute atomic E-state index is 0.237. The molecule has 0 bridgehead atoms. The largest absolute Gasteiger partial charge is 0.480 e. The van der Waals surface area contributed by atoms with Gasteiger partial charge >= 0.3 is 5.97 Å². The number of nitrogens with one attached hydrogen (secondary N) is 2. The van der Waals surface area contributed by atoms with Crippen LogP contribution in [0.25, 0.3) is 0 Å². The molecule has 1 aromatic heterocycles. The molecule has 1 rings (SSSR count). The SMILES string of the molecule is CC[C@@H](NC(=O)CNC(=O)c1ccc(C)s1)C(=O)O. The number of carboxylic acids is 1. The monoisotopic (exact) mass is 284 g/mol. The Morgan fingerprint density at radius 1 is 1.37 bits per heavy atom. The van der Waals surface area contributed by atoms with E-state index in [-0.39, 0.29) is 12.5 Å². The molecule has 0 unspecified atom stereocenters. The van der Waals surface area contributed by atoms with Crippen LogP contribution in [-0.4, -0.2) is 35.5 Å². The lowest BCUT2D eigenvalue weighted by molar-refractivity contribution is -0.141. The highest BCUT2D eigenvalue weighted by molar-refractivity contribution is 7.13. The van der Waals surface area contributed by atoms with Crippen LogP contribution in [0.4, 0.5) is 0 Å². The van der Waals surface area contributed by atoms with E-state index in [1.54, 1.807) is 13.0 Å². The molecule has 0 aromatic carbocycles. The van der Waals surface area contributed by atoms with Gasteiger partial charge in [0.1, 0.15) is 6.04 Å². The summed E-state index contributed by atoms with van der Waals surface area (Å²) in [6.07, 6.45) is 0.291. The highest BCUT2D eigenvalue weighted by atomic mass is 32.1. The third-order valence-corrected chi connectivity index (χ3v) is 3.41. The fraction of sp³-hybridized carbons (Fsp3) is 0.417. The Labute approximate surface area is 114 Å². The van der Waals surface area contributed by atoms with Crippen molar-refractivity contribution < 1.29 is 19.5 Å². The Kier molecular flexibility index (Phi) is 5.50. The number of carbonyl (C=O) groups excluding carboxylic acids is 2. The molecule has 1 heterocycles. The number of thiophene rings is 1. The fourth-order valence-electron chi connectivity index (χ4n) is 1.39. The molecule has 0 aliphatic rings. The van der Waals surface area contributed by atoms with E-state index < -0.39 is 17.9 Å². The molecule has 6 nitrogen and oxygen atoms in total. The van der Waals surface area contributed by atoms with Gasteiger partial charge in [0.15, 0.2) is 0 Å². The maximum atomic E-state index is 11.7. The first-order chi connectivity index (χ1) is 8.93.